The van der Waals surface area contributed by atoms with Crippen LogP contribution in [0.25, 0.3) is 0 Å². The summed E-state index contributed by atoms with van der Waals surface area (Å²) in [6.45, 7) is 3.45. The Morgan fingerprint density at radius 3 is 3.06 bits per heavy atom. The highest BCUT2D eigenvalue weighted by Crippen LogP contribution is 2.30. The van der Waals surface area contributed by atoms with Crippen LogP contribution in [-0.2, 0) is 7.05 Å². The Hall–Kier alpha value is -0.990. The van der Waals surface area contributed by atoms with Crippen LogP contribution in [0.3, 0.4) is 0 Å². The van der Waals surface area contributed by atoms with Crippen LogP contribution < -0.4 is 5.32 Å². The van der Waals surface area contributed by atoms with Crippen molar-refractivity contribution in [2.75, 3.05) is 11.9 Å². The van der Waals surface area contributed by atoms with Crippen LogP contribution in [0.4, 0.5) is 5.95 Å². The van der Waals surface area contributed by atoms with Gasteiger partial charge in [0, 0.05) is 26.0 Å². The van der Waals surface area contributed by atoms with Crippen molar-refractivity contribution in [3.8, 4) is 0 Å². The van der Waals surface area contributed by atoms with Crippen molar-refractivity contribution in [1.29, 1.82) is 0 Å². The second-order valence-corrected chi connectivity index (χ2v) is 5.22. The molecule has 0 spiro atoms. The molecule has 2 rings (SSSR count). The molecule has 0 radical (unpaired) electrons. The first kappa shape index (κ1) is 11.5. The Bertz CT molecular complexity index is 319. The number of nitrogens with one attached hydrogen (secondary N) is 1. The average molecular weight is 221 g/mol. The molecule has 2 atom stereocenters. The zero-order valence-corrected chi connectivity index (χ0v) is 10.4. The predicted octanol–water partition coefficient (Wildman–Crippen LogP) is 3.05. The van der Waals surface area contributed by atoms with Crippen molar-refractivity contribution in [1.82, 2.24) is 9.55 Å². The SMILES string of the molecule is CC1CCCC(CCNc2nccn2C)C1. The lowest BCUT2D eigenvalue weighted by Crippen LogP contribution is -2.17. The van der Waals surface area contributed by atoms with Gasteiger partial charge >= 0.3 is 0 Å². The summed E-state index contributed by atoms with van der Waals surface area (Å²) >= 11 is 0. The summed E-state index contributed by atoms with van der Waals surface area (Å²) in [5.41, 5.74) is 0. The van der Waals surface area contributed by atoms with Gasteiger partial charge < -0.3 is 9.88 Å². The first-order valence-corrected chi connectivity index (χ1v) is 6.47. The fourth-order valence-electron chi connectivity index (χ4n) is 2.75. The third-order valence-corrected chi connectivity index (χ3v) is 3.70. The van der Waals surface area contributed by atoms with Crippen molar-refractivity contribution >= 4 is 5.95 Å². The second kappa shape index (κ2) is 5.37. The lowest BCUT2D eigenvalue weighted by Gasteiger charge is -2.26. The monoisotopic (exact) mass is 221 g/mol. The highest BCUT2D eigenvalue weighted by Gasteiger charge is 2.18. The molecule has 90 valence electrons. The molecule has 16 heavy (non-hydrogen) atoms. The van der Waals surface area contributed by atoms with Gasteiger partial charge in [0.2, 0.25) is 5.95 Å². The summed E-state index contributed by atoms with van der Waals surface area (Å²) in [7, 11) is 2.03. The van der Waals surface area contributed by atoms with E-state index in [4.69, 9.17) is 0 Å². The van der Waals surface area contributed by atoms with Crippen LogP contribution >= 0.6 is 0 Å². The molecular weight excluding hydrogens is 198 g/mol. The molecular formula is C13H23N3. The van der Waals surface area contributed by atoms with Crippen molar-refractivity contribution in [2.45, 2.75) is 39.0 Å². The van der Waals surface area contributed by atoms with E-state index in [0.29, 0.717) is 0 Å². The van der Waals surface area contributed by atoms with E-state index in [0.717, 1.165) is 24.3 Å². The molecule has 1 N–H and O–H groups in total. The maximum absolute atomic E-state index is 4.27. The van der Waals surface area contributed by atoms with E-state index in [-0.39, 0.29) is 0 Å². The number of nitrogens with zero attached hydrogens (tertiary/aromatic N) is 2. The number of aromatic nitrogens is 2. The Labute approximate surface area is 98.3 Å². The van der Waals surface area contributed by atoms with Crippen LogP contribution in [-0.4, -0.2) is 16.1 Å². The molecule has 0 aliphatic heterocycles. The fraction of sp³-hybridized carbons (Fsp3) is 0.769. The van der Waals surface area contributed by atoms with Crippen LogP contribution in [0.5, 0.6) is 0 Å². The maximum atomic E-state index is 4.27. The van der Waals surface area contributed by atoms with Crippen molar-refractivity contribution < 1.29 is 0 Å². The molecule has 0 amide bonds. The standard InChI is InChI=1S/C13H23N3/c1-11-4-3-5-12(10-11)6-7-14-13-15-8-9-16(13)2/h8-9,11-12H,3-7,10H2,1-2H3,(H,14,15). The van der Waals surface area contributed by atoms with Gasteiger partial charge in [0.25, 0.3) is 0 Å². The number of anilines is 1. The number of imidazole rings is 1. The molecule has 1 aliphatic carbocycles. The number of aryl methyl sites for hydroxylation is 1. The van der Waals surface area contributed by atoms with Gasteiger partial charge in [-0.1, -0.05) is 26.2 Å². The van der Waals surface area contributed by atoms with E-state index in [1.165, 1.54) is 32.1 Å². The van der Waals surface area contributed by atoms with Gasteiger partial charge in [0.05, 0.1) is 0 Å². The Morgan fingerprint density at radius 1 is 1.50 bits per heavy atom. The summed E-state index contributed by atoms with van der Waals surface area (Å²) in [6, 6.07) is 0. The number of hydrogen-bond donors (Lipinski definition) is 1. The third kappa shape index (κ3) is 3.00. The first-order valence-electron chi connectivity index (χ1n) is 6.47. The van der Waals surface area contributed by atoms with Crippen LogP contribution in [0.1, 0.15) is 39.0 Å². The second-order valence-electron chi connectivity index (χ2n) is 5.22. The predicted molar refractivity (Wildman–Crippen MR) is 67.4 cm³/mol. The molecule has 3 heteroatoms. The largest absolute Gasteiger partial charge is 0.356 e. The Morgan fingerprint density at radius 2 is 2.38 bits per heavy atom. The molecule has 1 aromatic heterocycles. The van der Waals surface area contributed by atoms with E-state index in [9.17, 15) is 0 Å². The summed E-state index contributed by atoms with van der Waals surface area (Å²) < 4.78 is 2.03. The van der Waals surface area contributed by atoms with Gasteiger partial charge in [-0.15, -0.1) is 0 Å². The quantitative estimate of drug-likeness (QED) is 0.847. The molecule has 3 nitrogen and oxygen atoms in total. The van der Waals surface area contributed by atoms with Crippen LogP contribution in [0, 0.1) is 11.8 Å². The maximum Gasteiger partial charge on any atom is 0.202 e. The van der Waals surface area contributed by atoms with Crippen LogP contribution in [0.2, 0.25) is 0 Å². The Kier molecular flexibility index (Phi) is 3.86. The summed E-state index contributed by atoms with van der Waals surface area (Å²) in [4.78, 5) is 4.27. The van der Waals surface area contributed by atoms with Gasteiger partial charge in [0.1, 0.15) is 0 Å². The minimum Gasteiger partial charge on any atom is -0.356 e. The topological polar surface area (TPSA) is 29.9 Å². The molecule has 0 bridgehead atoms. The highest BCUT2D eigenvalue weighted by atomic mass is 15.2. The summed E-state index contributed by atoms with van der Waals surface area (Å²) in [5.74, 6) is 2.85. The van der Waals surface area contributed by atoms with E-state index in [2.05, 4.69) is 17.2 Å². The molecule has 2 unspecified atom stereocenters. The van der Waals surface area contributed by atoms with Gasteiger partial charge in [-0.2, -0.15) is 0 Å². The zero-order valence-electron chi connectivity index (χ0n) is 10.4. The van der Waals surface area contributed by atoms with Gasteiger partial charge in [-0.3, -0.25) is 0 Å². The molecule has 1 saturated carbocycles. The summed E-state index contributed by atoms with van der Waals surface area (Å²) in [6.07, 6.45) is 10.8. The van der Waals surface area contributed by atoms with Gasteiger partial charge in [-0.05, 0) is 24.7 Å². The lowest BCUT2D eigenvalue weighted by molar-refractivity contribution is 0.274. The van der Waals surface area contributed by atoms with Gasteiger partial charge in [0.15, 0.2) is 0 Å². The number of hydrogen-bond acceptors (Lipinski definition) is 2. The van der Waals surface area contributed by atoms with E-state index < -0.39 is 0 Å². The summed E-state index contributed by atoms with van der Waals surface area (Å²) in [5, 5.41) is 3.41. The van der Waals surface area contributed by atoms with E-state index in [1.54, 1.807) is 0 Å². The van der Waals surface area contributed by atoms with Crippen molar-refractivity contribution in [2.24, 2.45) is 18.9 Å². The molecule has 0 saturated heterocycles. The van der Waals surface area contributed by atoms with Crippen molar-refractivity contribution in [3.63, 3.8) is 0 Å². The smallest absolute Gasteiger partial charge is 0.202 e. The van der Waals surface area contributed by atoms with Crippen molar-refractivity contribution in [3.05, 3.63) is 12.4 Å². The zero-order chi connectivity index (χ0) is 11.4. The molecule has 1 heterocycles. The molecule has 1 aliphatic rings. The highest BCUT2D eigenvalue weighted by molar-refractivity contribution is 5.24. The van der Waals surface area contributed by atoms with Gasteiger partial charge in [-0.25, -0.2) is 4.98 Å². The lowest BCUT2D eigenvalue weighted by atomic mass is 9.81. The number of rotatable bonds is 4. The first-order chi connectivity index (χ1) is 7.75. The Balaban J connectivity index is 1.70. The fourth-order valence-corrected chi connectivity index (χ4v) is 2.75. The van der Waals surface area contributed by atoms with Crippen LogP contribution in [0.15, 0.2) is 12.4 Å². The molecule has 0 aromatic carbocycles. The minimum atomic E-state index is 0.927. The van der Waals surface area contributed by atoms with E-state index >= 15 is 0 Å². The average Bonchev–Trinajstić information content (AvgIpc) is 2.65. The molecule has 1 aromatic rings. The molecule has 1 fully saturated rings. The third-order valence-electron chi connectivity index (χ3n) is 3.70. The van der Waals surface area contributed by atoms with E-state index in [1.807, 2.05) is 24.0 Å². The minimum absolute atomic E-state index is 0.927. The normalized spacial score (nSPS) is 25.6.